The second-order valence-corrected chi connectivity index (χ2v) is 17.9. The third-order valence-corrected chi connectivity index (χ3v) is 14.8. The molecule has 7 atom stereocenters. The van der Waals surface area contributed by atoms with Crippen LogP contribution in [-0.2, 0) is 0 Å². The summed E-state index contributed by atoms with van der Waals surface area (Å²) in [5, 5.41) is 4.12. The highest BCUT2D eigenvalue weighted by Crippen LogP contribution is 2.50. The van der Waals surface area contributed by atoms with E-state index in [0.29, 0.717) is 35.6 Å². The third kappa shape index (κ3) is 6.07. The number of hydrogen-bond donors (Lipinski definition) is 0. The van der Waals surface area contributed by atoms with Crippen molar-refractivity contribution in [2.24, 2.45) is 29.6 Å². The van der Waals surface area contributed by atoms with Crippen molar-refractivity contribution in [2.75, 3.05) is 0 Å². The molecule has 0 radical (unpaired) electrons. The van der Waals surface area contributed by atoms with Gasteiger partial charge in [0, 0.05) is 56.8 Å². The van der Waals surface area contributed by atoms with E-state index in [9.17, 15) is 0 Å². The van der Waals surface area contributed by atoms with E-state index < -0.39 is 0 Å². The van der Waals surface area contributed by atoms with Gasteiger partial charge in [-0.15, -0.1) is 0 Å². The zero-order valence-corrected chi connectivity index (χ0v) is 32.9. The van der Waals surface area contributed by atoms with Gasteiger partial charge in [-0.25, -0.2) is 0 Å². The van der Waals surface area contributed by atoms with Crippen LogP contribution in [0.3, 0.4) is 0 Å². The fourth-order valence-corrected chi connectivity index (χ4v) is 11.8. The Bertz CT molecular complexity index is 2460. The van der Waals surface area contributed by atoms with E-state index in [0.717, 1.165) is 18.8 Å². The maximum atomic E-state index is 2.80. The first-order chi connectivity index (χ1) is 27.8. The van der Waals surface area contributed by atoms with E-state index in [-0.39, 0.29) is 0 Å². The minimum atomic E-state index is 0.415. The predicted octanol–water partition coefficient (Wildman–Crippen LogP) is 12.0. The predicted molar refractivity (Wildman–Crippen MR) is 234 cm³/mol. The van der Waals surface area contributed by atoms with Gasteiger partial charge >= 0.3 is 0 Å². The molecule has 0 saturated carbocycles. The molecule has 282 valence electrons. The van der Waals surface area contributed by atoms with E-state index in [4.69, 9.17) is 0 Å². The number of rotatable bonds is 6. The van der Waals surface area contributed by atoms with Crippen molar-refractivity contribution in [3.63, 3.8) is 0 Å². The van der Waals surface area contributed by atoms with E-state index in [1.165, 1.54) is 115 Å². The van der Waals surface area contributed by atoms with E-state index in [1.54, 1.807) is 16.8 Å². The first-order valence-electron chi connectivity index (χ1n) is 22.2. The zero-order valence-electron chi connectivity index (χ0n) is 32.9. The molecule has 0 amide bonds. The molecule has 1 aromatic heterocycles. The summed E-state index contributed by atoms with van der Waals surface area (Å²) in [5.74, 6) is 3.39. The molecule has 0 fully saturated rings. The number of benzene rings is 2. The molecule has 2 heterocycles. The summed E-state index contributed by atoms with van der Waals surface area (Å²) in [6.45, 7) is 0. The highest BCUT2D eigenvalue weighted by molar-refractivity contribution is 5.84. The molecule has 0 N–H and O–H groups in total. The third-order valence-electron chi connectivity index (χ3n) is 14.8. The van der Waals surface area contributed by atoms with Crippen molar-refractivity contribution in [1.29, 1.82) is 0 Å². The van der Waals surface area contributed by atoms with Gasteiger partial charge in [-0.2, -0.15) is 0 Å². The molecule has 1 aliphatic heterocycles. The number of hydrogen-bond acceptors (Lipinski definition) is 1. The number of allylic oxidation sites excluding steroid dienone is 15. The molecule has 0 saturated heterocycles. The Kier molecular flexibility index (Phi) is 8.98. The number of aromatic nitrogens is 1. The SMILES string of the molecule is C1=CC(c2cccc(-n3c4c(c5ccccc53)=CC(C3=CCC(C5C=CC6=C(C5)C5C=CCCC5N6C5=CC=C(C6CC=CCC6)CC5)C=C3)CC=4)c2)CCC1. The summed E-state index contributed by atoms with van der Waals surface area (Å²) in [5.41, 5.74) is 12.0. The molecule has 3 aromatic rings. The van der Waals surface area contributed by atoms with Gasteiger partial charge in [-0.3, -0.25) is 0 Å². The summed E-state index contributed by atoms with van der Waals surface area (Å²) in [4.78, 5) is 2.80. The van der Waals surface area contributed by atoms with Crippen LogP contribution in [0.5, 0.6) is 0 Å². The molecule has 7 aliphatic carbocycles. The van der Waals surface area contributed by atoms with Crippen molar-refractivity contribution in [1.82, 2.24) is 9.47 Å². The molecular formula is C54H56N2. The minimum absolute atomic E-state index is 0.415. The number of fused-ring (bicyclic) bond motifs is 5. The van der Waals surface area contributed by atoms with Gasteiger partial charge in [-0.05, 0) is 148 Å². The Morgan fingerprint density at radius 2 is 1.61 bits per heavy atom. The molecular weight excluding hydrogens is 677 g/mol. The zero-order chi connectivity index (χ0) is 37.0. The van der Waals surface area contributed by atoms with Crippen LogP contribution in [0.4, 0.5) is 0 Å². The van der Waals surface area contributed by atoms with Crippen molar-refractivity contribution >= 4 is 23.1 Å². The Morgan fingerprint density at radius 3 is 2.46 bits per heavy atom. The van der Waals surface area contributed by atoms with Gasteiger partial charge in [0.1, 0.15) is 0 Å². The Balaban J connectivity index is 0.826. The lowest BCUT2D eigenvalue weighted by atomic mass is 9.74. The summed E-state index contributed by atoms with van der Waals surface area (Å²) < 4.78 is 2.52. The second-order valence-electron chi connectivity index (χ2n) is 17.9. The van der Waals surface area contributed by atoms with Crippen molar-refractivity contribution in [3.8, 4) is 5.69 Å². The van der Waals surface area contributed by atoms with E-state index in [1.807, 2.05) is 0 Å². The van der Waals surface area contributed by atoms with Crippen molar-refractivity contribution < 1.29 is 0 Å². The van der Waals surface area contributed by atoms with Gasteiger partial charge in [0.05, 0.1) is 5.52 Å². The maximum Gasteiger partial charge on any atom is 0.0540 e. The molecule has 2 aromatic carbocycles. The average Bonchev–Trinajstić information content (AvgIpc) is 3.79. The fourth-order valence-electron chi connectivity index (χ4n) is 11.8. The molecule has 11 rings (SSSR count). The quantitative estimate of drug-likeness (QED) is 0.229. The second kappa shape index (κ2) is 14.6. The molecule has 0 spiro atoms. The number of nitrogens with zero attached hydrogens (tertiary/aromatic N) is 2. The highest BCUT2D eigenvalue weighted by Gasteiger charge is 2.43. The topological polar surface area (TPSA) is 8.17 Å². The normalized spacial score (nSPS) is 30.6. The van der Waals surface area contributed by atoms with Crippen LogP contribution >= 0.6 is 0 Å². The molecule has 8 aliphatic rings. The Morgan fingerprint density at radius 1 is 0.679 bits per heavy atom. The summed E-state index contributed by atoms with van der Waals surface area (Å²) in [6.07, 6.45) is 53.3. The molecule has 2 nitrogen and oxygen atoms in total. The minimum Gasteiger partial charge on any atom is -0.341 e. The first kappa shape index (κ1) is 34.4. The molecule has 2 heteroatoms. The summed E-state index contributed by atoms with van der Waals surface area (Å²) >= 11 is 0. The highest BCUT2D eigenvalue weighted by atomic mass is 15.2. The van der Waals surface area contributed by atoms with Gasteiger partial charge in [0.15, 0.2) is 0 Å². The Hall–Kier alpha value is -4.82. The van der Waals surface area contributed by atoms with Crippen molar-refractivity contribution in [2.45, 2.75) is 95.4 Å². The van der Waals surface area contributed by atoms with Gasteiger partial charge in [-0.1, -0.05) is 115 Å². The van der Waals surface area contributed by atoms with Crippen LogP contribution in [0.25, 0.3) is 28.7 Å². The van der Waals surface area contributed by atoms with Crippen LogP contribution in [-0.4, -0.2) is 15.5 Å². The lowest BCUT2D eigenvalue weighted by molar-refractivity contribution is 0.284. The fraction of sp³-hybridized carbons (Fsp3) is 0.370. The first-order valence-corrected chi connectivity index (χ1v) is 22.2. The van der Waals surface area contributed by atoms with Gasteiger partial charge in [0.2, 0.25) is 0 Å². The van der Waals surface area contributed by atoms with Crippen LogP contribution in [0.1, 0.15) is 95.0 Å². The van der Waals surface area contributed by atoms with Crippen molar-refractivity contribution in [3.05, 3.63) is 172 Å². The monoisotopic (exact) mass is 732 g/mol. The molecule has 7 unspecified atom stereocenters. The van der Waals surface area contributed by atoms with E-state index >= 15 is 0 Å². The molecule has 0 bridgehead atoms. The maximum absolute atomic E-state index is 2.80. The largest absolute Gasteiger partial charge is 0.341 e. The lowest BCUT2D eigenvalue weighted by Gasteiger charge is -2.36. The summed E-state index contributed by atoms with van der Waals surface area (Å²) in [6, 6.07) is 19.0. The van der Waals surface area contributed by atoms with Gasteiger partial charge in [0.25, 0.3) is 0 Å². The summed E-state index contributed by atoms with van der Waals surface area (Å²) in [7, 11) is 0. The van der Waals surface area contributed by atoms with Crippen LogP contribution in [0.2, 0.25) is 0 Å². The number of para-hydroxylation sites is 1. The van der Waals surface area contributed by atoms with E-state index in [2.05, 4.69) is 149 Å². The van der Waals surface area contributed by atoms with Crippen LogP contribution < -0.4 is 10.6 Å². The standard InChI is InChI=1S/C54H56N2/c1-3-12-37(13-4-1)39-26-30-45(31-27-39)55-51-20-9-7-18-47(51)49-35-43(28-32-53(49)55)40-22-24-41(25-23-40)44-29-33-54-50(36-44)48-19-8-10-21-52(48)56(54)46-17-11-16-42(34-46)38-14-5-2-6-15-38/h1,3,5,7-8,10-11,14,16-19,21-22,24-26,28,30,32-34,36-38,40,43-44,47,51H,2,4,6,9,12-13,15,20,23,27,29,31,35H2. The molecule has 56 heavy (non-hydrogen) atoms. The van der Waals surface area contributed by atoms with Crippen LogP contribution in [0, 0.1) is 29.6 Å². The Labute approximate surface area is 333 Å². The lowest BCUT2D eigenvalue weighted by Crippen LogP contribution is -2.34. The van der Waals surface area contributed by atoms with Gasteiger partial charge < -0.3 is 9.47 Å². The average molecular weight is 733 g/mol. The van der Waals surface area contributed by atoms with Crippen LogP contribution in [0.15, 0.2) is 156 Å². The smallest absolute Gasteiger partial charge is 0.0540 e.